The third-order valence-electron chi connectivity index (χ3n) is 17.3. The third kappa shape index (κ3) is 22.8. The van der Waals surface area contributed by atoms with E-state index in [1.165, 1.54) is 92.6 Å². The van der Waals surface area contributed by atoms with Crippen LogP contribution >= 0.6 is 0 Å². The highest BCUT2D eigenvalue weighted by Gasteiger charge is 2.46. The number of carbonyl (C=O) groups excluding carboxylic acids is 11. The number of likely N-dealkylation sites (N-methyl/N-ethyl adjacent to an activating group) is 7. The summed E-state index contributed by atoms with van der Waals surface area (Å²) in [5, 5.41) is 23.4. The Labute approximate surface area is 540 Å². The number of amides is 11. The van der Waals surface area contributed by atoms with Crippen LogP contribution in [0.1, 0.15) is 175 Å². The zero-order valence-corrected chi connectivity index (χ0v) is 59.3. The van der Waals surface area contributed by atoms with Crippen LogP contribution in [0.25, 0.3) is 0 Å². The normalized spacial score (nSPS) is 26.9. The van der Waals surface area contributed by atoms with Gasteiger partial charge in [0.2, 0.25) is 65.0 Å². The van der Waals surface area contributed by atoms with E-state index in [1.54, 1.807) is 60.6 Å². The molecule has 1 aliphatic heterocycles. The van der Waals surface area contributed by atoms with Gasteiger partial charge in [0.1, 0.15) is 66.5 Å². The Bertz CT molecular complexity index is 2470. The van der Waals surface area contributed by atoms with E-state index in [9.17, 15) is 33.9 Å². The van der Waals surface area contributed by atoms with Crippen molar-refractivity contribution in [3.05, 3.63) is 24.8 Å². The first-order chi connectivity index (χ1) is 41.7. The second kappa shape index (κ2) is 37.8. The van der Waals surface area contributed by atoms with E-state index >= 15 is 24.0 Å². The van der Waals surface area contributed by atoms with E-state index < -0.39 is 155 Å². The molecule has 1 heterocycles. The van der Waals surface area contributed by atoms with Crippen LogP contribution in [-0.2, 0) is 52.7 Å². The molecule has 23 nitrogen and oxygen atoms in total. The van der Waals surface area contributed by atoms with Gasteiger partial charge in [-0.1, -0.05) is 115 Å². The average Bonchev–Trinajstić information content (AvgIpc) is 0.969. The van der Waals surface area contributed by atoms with E-state index in [-0.39, 0.29) is 62.2 Å². The molecule has 0 aromatic rings. The van der Waals surface area contributed by atoms with Gasteiger partial charge in [0.05, 0.1) is 6.10 Å². The smallest absolute Gasteiger partial charge is 0.246 e. The minimum atomic E-state index is -1.63. The number of aliphatic hydroxyl groups excluding tert-OH is 1. The number of carbonyl (C=O) groups is 11. The monoisotopic (exact) mass is 1270 g/mol. The van der Waals surface area contributed by atoms with Gasteiger partial charge < -0.3 is 60.7 Å². The Morgan fingerprint density at radius 2 is 0.856 bits per heavy atom. The lowest BCUT2D eigenvalue weighted by Crippen LogP contribution is -2.64. The molecule has 1 saturated heterocycles. The van der Waals surface area contributed by atoms with Crippen LogP contribution in [-0.4, -0.2) is 226 Å². The standard InChI is InChI=1S/C67H119N11O12/c1-26-29-31-33-48-63(86)73(20)50(35-39(6)7)59(82)71-53(42(12)13)66(89)74(21)49(34-38(4)5)58(81)68-45(17)57(80)69-46(18)61(84)75(22)51(36-40(8)9)64(87)76(23)52(37-41(10)11)65(88)77(24)54(43(14)15)67(90)78(25)55(56(79)44(16)32-30-27-2)60(83)70-47(28-3)62(85)72(48)19/h26-27,30,38-56,79H,1,28-29,31-37H2,2-25H3,(H,68,81)(H,69,80)(H,70,83)(H,71,82). The van der Waals surface area contributed by atoms with E-state index in [4.69, 9.17) is 0 Å². The first kappa shape index (κ1) is 81.6. The number of hydrogen-bond donors (Lipinski definition) is 5. The molecule has 1 fully saturated rings. The van der Waals surface area contributed by atoms with Crippen molar-refractivity contribution in [2.75, 3.05) is 49.3 Å². The number of nitrogens with one attached hydrogen (secondary N) is 4. The summed E-state index contributed by atoms with van der Waals surface area (Å²) in [6.45, 7) is 33.8. The predicted molar refractivity (Wildman–Crippen MR) is 351 cm³/mol. The number of unbranched alkanes of at least 4 members (excludes halogenated alkanes) is 1. The van der Waals surface area contributed by atoms with Gasteiger partial charge in [-0.25, -0.2) is 0 Å². The van der Waals surface area contributed by atoms with Crippen LogP contribution < -0.4 is 21.3 Å². The summed E-state index contributed by atoms with van der Waals surface area (Å²) in [7, 11) is 10.1. The highest BCUT2D eigenvalue weighted by atomic mass is 16.3. The first-order valence-electron chi connectivity index (χ1n) is 32.7. The van der Waals surface area contributed by atoms with Crippen molar-refractivity contribution in [3.8, 4) is 0 Å². The van der Waals surface area contributed by atoms with Crippen LogP contribution in [0.2, 0.25) is 0 Å². The lowest BCUT2D eigenvalue weighted by molar-refractivity contribution is -0.157. The SMILES string of the molecule is C=CCCCC1C(=O)N(C)C(CC(C)C)C(=O)NC(C(C)C)C(=O)N(C)C(CC(C)C)C(=O)NC(C)C(=O)NC(C)C(=O)N(C)C(CC(C)C)C(=O)N(C)C(CC(C)C)C(=O)N(C)C(C(C)C)C(=O)N(C)C(C(O)C(C)CC=CC)C(=O)NC(CC)C(=O)N1C. The Morgan fingerprint density at radius 3 is 1.30 bits per heavy atom. The second-order valence-electron chi connectivity index (χ2n) is 27.5. The van der Waals surface area contributed by atoms with Crippen molar-refractivity contribution in [1.82, 2.24) is 55.6 Å². The Balaban J connectivity index is 4.50. The average molecular weight is 1270 g/mol. The molecule has 0 aromatic carbocycles. The molecule has 0 saturated carbocycles. The van der Waals surface area contributed by atoms with Crippen molar-refractivity contribution in [2.24, 2.45) is 41.4 Å². The van der Waals surface area contributed by atoms with Gasteiger partial charge in [-0.05, 0) is 120 Å². The molecule has 5 N–H and O–H groups in total. The fourth-order valence-electron chi connectivity index (χ4n) is 11.6. The molecule has 0 aromatic heterocycles. The van der Waals surface area contributed by atoms with Crippen molar-refractivity contribution in [2.45, 2.75) is 248 Å². The molecule has 13 atom stereocenters. The van der Waals surface area contributed by atoms with Crippen molar-refractivity contribution >= 4 is 65.0 Å². The number of nitrogens with zero attached hydrogens (tertiary/aromatic N) is 7. The molecule has 0 bridgehead atoms. The lowest BCUT2D eigenvalue weighted by atomic mass is 9.91. The van der Waals surface area contributed by atoms with Crippen LogP contribution in [0.15, 0.2) is 24.8 Å². The Morgan fingerprint density at radius 1 is 0.456 bits per heavy atom. The highest BCUT2D eigenvalue weighted by molar-refractivity contribution is 6.00. The highest BCUT2D eigenvalue weighted by Crippen LogP contribution is 2.26. The summed E-state index contributed by atoms with van der Waals surface area (Å²) in [5.41, 5.74) is 0. The molecule has 0 spiro atoms. The molecule has 1 rings (SSSR count). The van der Waals surface area contributed by atoms with Gasteiger partial charge in [0.15, 0.2) is 0 Å². The van der Waals surface area contributed by atoms with Crippen molar-refractivity contribution < 1.29 is 57.8 Å². The third-order valence-corrected chi connectivity index (χ3v) is 17.3. The fraction of sp³-hybridized carbons (Fsp3) is 0.776. The Hall–Kier alpha value is -6.39. The molecule has 90 heavy (non-hydrogen) atoms. The van der Waals surface area contributed by atoms with Crippen LogP contribution in [0.3, 0.4) is 0 Å². The lowest BCUT2D eigenvalue weighted by Gasteiger charge is -2.41. The molecule has 23 heteroatoms. The minimum Gasteiger partial charge on any atom is -0.390 e. The molecule has 0 radical (unpaired) electrons. The van der Waals surface area contributed by atoms with E-state index in [2.05, 4.69) is 27.8 Å². The maximum atomic E-state index is 15.3. The van der Waals surface area contributed by atoms with Crippen LogP contribution in [0.5, 0.6) is 0 Å². The Kier molecular flexibility index (Phi) is 34.3. The molecule has 11 amide bonds. The van der Waals surface area contributed by atoms with E-state index in [0.717, 1.165) is 4.90 Å². The minimum absolute atomic E-state index is 0.00836. The summed E-state index contributed by atoms with van der Waals surface area (Å²) in [6, 6.07) is -13.7. The summed E-state index contributed by atoms with van der Waals surface area (Å²) < 4.78 is 0. The zero-order valence-electron chi connectivity index (χ0n) is 59.3. The van der Waals surface area contributed by atoms with Crippen LogP contribution in [0.4, 0.5) is 0 Å². The molecule has 1 aliphatic rings. The summed E-state index contributed by atoms with van der Waals surface area (Å²) in [4.78, 5) is 172. The molecule has 514 valence electrons. The van der Waals surface area contributed by atoms with Gasteiger partial charge in [-0.15, -0.1) is 6.58 Å². The summed E-state index contributed by atoms with van der Waals surface area (Å²) in [6.07, 6.45) is 5.66. The van der Waals surface area contributed by atoms with E-state index in [0.29, 0.717) is 19.3 Å². The van der Waals surface area contributed by atoms with Gasteiger partial charge >= 0.3 is 0 Å². The molecular formula is C67H119N11O12. The van der Waals surface area contributed by atoms with Gasteiger partial charge in [-0.2, -0.15) is 0 Å². The maximum absolute atomic E-state index is 15.3. The summed E-state index contributed by atoms with van der Waals surface area (Å²) in [5.74, 6) is -9.76. The number of rotatable bonds is 19. The number of allylic oxidation sites excluding steroid dienone is 3. The molecule has 0 aliphatic carbocycles. The maximum Gasteiger partial charge on any atom is 0.246 e. The zero-order chi connectivity index (χ0) is 69.7. The van der Waals surface area contributed by atoms with Crippen molar-refractivity contribution in [1.29, 1.82) is 0 Å². The molecular weight excluding hydrogens is 1150 g/mol. The quantitative estimate of drug-likeness (QED) is 0.0845. The topological polar surface area (TPSA) is 279 Å². The second-order valence-corrected chi connectivity index (χ2v) is 27.5. The summed E-state index contributed by atoms with van der Waals surface area (Å²) >= 11 is 0. The van der Waals surface area contributed by atoms with Gasteiger partial charge in [0.25, 0.3) is 0 Å². The fourth-order valence-corrected chi connectivity index (χ4v) is 11.6. The largest absolute Gasteiger partial charge is 0.390 e. The number of hydrogen-bond acceptors (Lipinski definition) is 12. The van der Waals surface area contributed by atoms with Crippen LogP contribution in [0, 0.1) is 41.4 Å². The first-order valence-corrected chi connectivity index (χ1v) is 32.7. The number of aliphatic hydroxyl groups is 1. The van der Waals surface area contributed by atoms with Gasteiger partial charge in [0, 0.05) is 49.3 Å². The van der Waals surface area contributed by atoms with Gasteiger partial charge in [-0.3, -0.25) is 52.7 Å². The predicted octanol–water partition coefficient (Wildman–Crippen LogP) is 4.99. The molecule has 13 unspecified atom stereocenters. The van der Waals surface area contributed by atoms with E-state index in [1.807, 2.05) is 61.5 Å². The van der Waals surface area contributed by atoms with Crippen molar-refractivity contribution in [3.63, 3.8) is 0 Å².